The number of benzene rings is 2. The third-order valence-electron chi connectivity index (χ3n) is 3.63. The highest BCUT2D eigenvalue weighted by Gasteiger charge is 2.16. The molecule has 22 heavy (non-hydrogen) atoms. The molecule has 3 heteroatoms. The third kappa shape index (κ3) is 3.60. The molecule has 1 heterocycles. The number of thioether (sulfide) groups is 1. The minimum Gasteiger partial charge on any atom is -0.340 e. The fourth-order valence-electron chi connectivity index (χ4n) is 2.67. The number of nitrogens with zero attached hydrogens (tertiary/aromatic N) is 1. The van der Waals surface area contributed by atoms with Crippen LogP contribution in [-0.2, 0) is 4.79 Å². The molecule has 0 N–H and O–H groups in total. The quantitative estimate of drug-likeness (QED) is 0.751. The average Bonchev–Trinajstić information content (AvgIpc) is 2.75. The van der Waals surface area contributed by atoms with Crippen LogP contribution in [0.25, 0.3) is 12.2 Å². The van der Waals surface area contributed by atoms with Gasteiger partial charge in [0.25, 0.3) is 0 Å². The molecular formula is C19H21NOS. The molecule has 0 bridgehead atoms. The fraction of sp³-hybridized carbons (Fsp3) is 0.211. The number of anilines is 2. The van der Waals surface area contributed by atoms with E-state index >= 15 is 0 Å². The van der Waals surface area contributed by atoms with Crippen LogP contribution in [0.15, 0.2) is 48.5 Å². The van der Waals surface area contributed by atoms with Crippen LogP contribution in [0.4, 0.5) is 11.4 Å². The van der Waals surface area contributed by atoms with Crippen LogP contribution in [0, 0.1) is 0 Å². The summed E-state index contributed by atoms with van der Waals surface area (Å²) in [5.74, 6) is 1.20. The molecule has 114 valence electrons. The Bertz CT molecular complexity index is 589. The standard InChI is InChI=1S/C18H19NS.CH2O/c1-20-14-6-13-19-17-9-4-2-7-15(17)11-12-16-8-3-5-10-18(16)19;1-2/h2-5,7-12H,6,13-14H2,1H3;1H2. The van der Waals surface area contributed by atoms with Gasteiger partial charge in [-0.05, 0) is 41.7 Å². The van der Waals surface area contributed by atoms with E-state index in [4.69, 9.17) is 4.79 Å². The van der Waals surface area contributed by atoms with Crippen LogP contribution < -0.4 is 4.90 Å². The second kappa shape index (κ2) is 8.44. The first-order valence-electron chi connectivity index (χ1n) is 7.31. The largest absolute Gasteiger partial charge is 0.340 e. The van der Waals surface area contributed by atoms with Gasteiger partial charge in [-0.1, -0.05) is 48.6 Å². The molecule has 0 spiro atoms. The maximum atomic E-state index is 8.00. The van der Waals surface area contributed by atoms with Gasteiger partial charge in [0, 0.05) is 17.9 Å². The predicted octanol–water partition coefficient (Wildman–Crippen LogP) is 4.88. The van der Waals surface area contributed by atoms with E-state index in [1.807, 2.05) is 18.6 Å². The van der Waals surface area contributed by atoms with E-state index in [9.17, 15) is 0 Å². The van der Waals surface area contributed by atoms with Crippen molar-refractivity contribution in [3.8, 4) is 0 Å². The Kier molecular flexibility index (Phi) is 6.28. The molecule has 0 aromatic heterocycles. The van der Waals surface area contributed by atoms with Gasteiger partial charge in [-0.25, -0.2) is 0 Å². The first-order valence-corrected chi connectivity index (χ1v) is 8.71. The molecule has 0 fully saturated rings. The molecule has 2 nitrogen and oxygen atoms in total. The summed E-state index contributed by atoms with van der Waals surface area (Å²) in [7, 11) is 0. The van der Waals surface area contributed by atoms with Crippen molar-refractivity contribution in [3.63, 3.8) is 0 Å². The van der Waals surface area contributed by atoms with Crippen LogP contribution >= 0.6 is 11.8 Å². The summed E-state index contributed by atoms with van der Waals surface area (Å²) in [5, 5.41) is 0. The SMILES string of the molecule is C=O.CSCCCN1c2ccccc2C=Cc2ccccc21. The minimum atomic E-state index is 1.07. The molecule has 1 aliphatic heterocycles. The average molecular weight is 311 g/mol. The van der Waals surface area contributed by atoms with Crippen molar-refractivity contribution in [2.75, 3.05) is 23.5 Å². The van der Waals surface area contributed by atoms with Crippen LogP contribution in [0.5, 0.6) is 0 Å². The number of para-hydroxylation sites is 2. The zero-order valence-electron chi connectivity index (χ0n) is 12.9. The van der Waals surface area contributed by atoms with Crippen LogP contribution in [0.3, 0.4) is 0 Å². The monoisotopic (exact) mass is 311 g/mol. The van der Waals surface area contributed by atoms with Crippen LogP contribution in [0.2, 0.25) is 0 Å². The van der Waals surface area contributed by atoms with E-state index in [0.717, 1.165) is 6.54 Å². The molecule has 2 aromatic rings. The Morgan fingerprint density at radius 1 is 0.909 bits per heavy atom. The van der Waals surface area contributed by atoms with Crippen LogP contribution in [0.1, 0.15) is 17.5 Å². The van der Waals surface area contributed by atoms with Gasteiger partial charge in [0.15, 0.2) is 0 Å². The number of hydrogen-bond donors (Lipinski definition) is 0. The summed E-state index contributed by atoms with van der Waals surface area (Å²) in [6, 6.07) is 17.3. The van der Waals surface area contributed by atoms with E-state index in [2.05, 4.69) is 71.8 Å². The van der Waals surface area contributed by atoms with Gasteiger partial charge in [-0.2, -0.15) is 11.8 Å². The number of rotatable bonds is 4. The number of hydrogen-bond acceptors (Lipinski definition) is 3. The lowest BCUT2D eigenvalue weighted by Gasteiger charge is -2.26. The first-order chi connectivity index (χ1) is 10.9. The summed E-state index contributed by atoms with van der Waals surface area (Å²) in [4.78, 5) is 10.5. The van der Waals surface area contributed by atoms with Gasteiger partial charge in [0.05, 0.1) is 0 Å². The summed E-state index contributed by atoms with van der Waals surface area (Å²) in [6.45, 7) is 3.07. The minimum absolute atomic E-state index is 1.07. The summed E-state index contributed by atoms with van der Waals surface area (Å²) >= 11 is 1.92. The zero-order valence-corrected chi connectivity index (χ0v) is 13.7. The van der Waals surface area contributed by atoms with Gasteiger partial charge >= 0.3 is 0 Å². The summed E-state index contributed by atoms with van der Waals surface area (Å²) in [5.41, 5.74) is 5.23. The molecule has 0 saturated heterocycles. The molecular weight excluding hydrogens is 290 g/mol. The highest BCUT2D eigenvalue weighted by Crippen LogP contribution is 2.36. The van der Waals surface area contributed by atoms with Gasteiger partial charge < -0.3 is 9.69 Å². The second-order valence-electron chi connectivity index (χ2n) is 4.95. The fourth-order valence-corrected chi connectivity index (χ4v) is 3.08. The van der Waals surface area contributed by atoms with Crippen molar-refractivity contribution < 1.29 is 4.79 Å². The lowest BCUT2D eigenvalue weighted by molar-refractivity contribution is -0.0979. The van der Waals surface area contributed by atoms with Crippen molar-refractivity contribution in [1.82, 2.24) is 0 Å². The topological polar surface area (TPSA) is 20.3 Å². The summed E-state index contributed by atoms with van der Waals surface area (Å²) < 4.78 is 0. The van der Waals surface area contributed by atoms with Crippen LogP contribution in [-0.4, -0.2) is 25.3 Å². The molecule has 0 saturated carbocycles. The van der Waals surface area contributed by atoms with Gasteiger partial charge in [-0.3, -0.25) is 0 Å². The Hall–Kier alpha value is -2.00. The normalized spacial score (nSPS) is 11.8. The number of fused-ring (bicyclic) bond motifs is 2. The number of carbonyl (C=O) groups excluding carboxylic acids is 1. The van der Waals surface area contributed by atoms with Crippen molar-refractivity contribution >= 4 is 42.1 Å². The molecule has 0 amide bonds. The van der Waals surface area contributed by atoms with E-state index < -0.39 is 0 Å². The Balaban J connectivity index is 0.000000847. The smallest absolute Gasteiger partial charge is 0.106 e. The maximum Gasteiger partial charge on any atom is 0.106 e. The second-order valence-corrected chi connectivity index (χ2v) is 5.93. The number of carbonyl (C=O) groups is 1. The van der Waals surface area contributed by atoms with Crippen molar-refractivity contribution in [2.45, 2.75) is 6.42 Å². The van der Waals surface area contributed by atoms with E-state index in [0.29, 0.717) is 0 Å². The van der Waals surface area contributed by atoms with Crippen molar-refractivity contribution in [3.05, 3.63) is 59.7 Å². The highest BCUT2D eigenvalue weighted by molar-refractivity contribution is 7.98. The lowest BCUT2D eigenvalue weighted by Crippen LogP contribution is -2.20. The molecule has 2 aromatic carbocycles. The zero-order chi connectivity index (χ0) is 15.8. The van der Waals surface area contributed by atoms with Gasteiger partial charge in [0.2, 0.25) is 0 Å². The van der Waals surface area contributed by atoms with E-state index in [-0.39, 0.29) is 0 Å². The molecule has 0 unspecified atom stereocenters. The molecule has 0 aliphatic carbocycles. The maximum absolute atomic E-state index is 8.00. The highest BCUT2D eigenvalue weighted by atomic mass is 32.2. The first kappa shape index (κ1) is 16.4. The molecule has 0 atom stereocenters. The van der Waals surface area contributed by atoms with E-state index in [1.165, 1.54) is 34.7 Å². The predicted molar refractivity (Wildman–Crippen MR) is 98.9 cm³/mol. The van der Waals surface area contributed by atoms with Gasteiger partial charge in [-0.15, -0.1) is 0 Å². The van der Waals surface area contributed by atoms with Gasteiger partial charge in [0.1, 0.15) is 6.79 Å². The molecule has 0 radical (unpaired) electrons. The molecule has 1 aliphatic rings. The third-order valence-corrected chi connectivity index (χ3v) is 4.32. The Morgan fingerprint density at radius 2 is 1.41 bits per heavy atom. The Morgan fingerprint density at radius 3 is 1.91 bits per heavy atom. The summed E-state index contributed by atoms with van der Waals surface area (Å²) in [6.07, 6.45) is 7.82. The molecule has 3 rings (SSSR count). The van der Waals surface area contributed by atoms with Crippen molar-refractivity contribution in [1.29, 1.82) is 0 Å². The lowest BCUT2D eigenvalue weighted by atomic mass is 10.1. The Labute approximate surface area is 136 Å². The van der Waals surface area contributed by atoms with Crippen molar-refractivity contribution in [2.24, 2.45) is 0 Å². The van der Waals surface area contributed by atoms with E-state index in [1.54, 1.807) is 0 Å².